The molecule has 2 rings (SSSR count). The number of rotatable bonds is 2. The summed E-state index contributed by atoms with van der Waals surface area (Å²) in [5, 5.41) is 4.26. The van der Waals surface area contributed by atoms with E-state index in [1.807, 2.05) is 16.9 Å². The summed E-state index contributed by atoms with van der Waals surface area (Å²) >= 11 is 0. The highest BCUT2D eigenvalue weighted by atomic mass is 15.3. The molecule has 2 N–H and O–H groups in total. The van der Waals surface area contributed by atoms with Gasteiger partial charge in [0, 0.05) is 12.3 Å². The molecule has 0 aliphatic heterocycles. The van der Waals surface area contributed by atoms with Crippen molar-refractivity contribution in [2.75, 3.05) is 0 Å². The Balaban J connectivity index is 2.18. The van der Waals surface area contributed by atoms with Crippen LogP contribution in [-0.4, -0.2) is 15.6 Å². The lowest BCUT2D eigenvalue weighted by atomic mass is 10.6. The molecule has 1 saturated carbocycles. The molecule has 0 spiro atoms. The van der Waals surface area contributed by atoms with Gasteiger partial charge in [0.25, 0.3) is 0 Å². The first kappa shape index (κ1) is 7.34. The third-order valence-corrected chi connectivity index (χ3v) is 1.81. The minimum absolute atomic E-state index is 0.552. The van der Waals surface area contributed by atoms with Crippen LogP contribution in [0.15, 0.2) is 17.3 Å². The van der Waals surface area contributed by atoms with E-state index in [0.29, 0.717) is 17.7 Å². The van der Waals surface area contributed by atoms with Crippen molar-refractivity contribution in [2.45, 2.75) is 25.8 Å². The van der Waals surface area contributed by atoms with Crippen LogP contribution in [0.3, 0.4) is 0 Å². The second-order valence-corrected chi connectivity index (χ2v) is 3.14. The summed E-state index contributed by atoms with van der Waals surface area (Å²) in [6, 6.07) is 2.50. The van der Waals surface area contributed by atoms with Crippen LogP contribution in [-0.2, 0) is 0 Å². The van der Waals surface area contributed by atoms with Crippen molar-refractivity contribution in [1.29, 1.82) is 0 Å². The largest absolute Gasteiger partial charge is 0.387 e. The zero-order valence-electron chi connectivity index (χ0n) is 7.07. The fourth-order valence-electron chi connectivity index (χ4n) is 1.11. The Morgan fingerprint density at radius 1 is 1.75 bits per heavy atom. The van der Waals surface area contributed by atoms with E-state index >= 15 is 0 Å². The highest BCUT2D eigenvalue weighted by Crippen LogP contribution is 2.34. The molecule has 1 aliphatic carbocycles. The molecule has 1 aliphatic rings. The van der Waals surface area contributed by atoms with Crippen molar-refractivity contribution in [2.24, 2.45) is 10.7 Å². The monoisotopic (exact) mass is 164 g/mol. The molecule has 64 valence electrons. The molecule has 0 saturated heterocycles. The Kier molecular flexibility index (Phi) is 1.60. The summed E-state index contributed by atoms with van der Waals surface area (Å²) in [5.41, 5.74) is 5.43. The number of amidine groups is 1. The summed E-state index contributed by atoms with van der Waals surface area (Å²) < 4.78 is 1.96. The van der Waals surface area contributed by atoms with Crippen LogP contribution in [0.5, 0.6) is 0 Å². The highest BCUT2D eigenvalue weighted by Gasteiger charge is 2.23. The Hall–Kier alpha value is -1.32. The van der Waals surface area contributed by atoms with E-state index in [1.54, 1.807) is 6.92 Å². The molecular formula is C8H12N4. The normalized spacial score (nSPS) is 18.2. The summed E-state index contributed by atoms with van der Waals surface area (Å²) in [6.45, 7) is 1.76. The number of hydrogen-bond acceptors (Lipinski definition) is 2. The van der Waals surface area contributed by atoms with Gasteiger partial charge in [0.2, 0.25) is 0 Å². The minimum atomic E-state index is 0.552. The van der Waals surface area contributed by atoms with Crippen molar-refractivity contribution >= 4 is 11.7 Å². The van der Waals surface area contributed by atoms with E-state index in [0.717, 1.165) is 0 Å². The molecule has 0 atom stereocenters. The molecule has 1 fully saturated rings. The van der Waals surface area contributed by atoms with Gasteiger partial charge >= 0.3 is 0 Å². The van der Waals surface area contributed by atoms with Crippen molar-refractivity contribution in [3.05, 3.63) is 12.3 Å². The zero-order valence-corrected chi connectivity index (χ0v) is 7.07. The van der Waals surface area contributed by atoms with Gasteiger partial charge in [-0.2, -0.15) is 5.10 Å². The molecule has 1 aromatic heterocycles. The van der Waals surface area contributed by atoms with E-state index < -0.39 is 0 Å². The molecule has 4 nitrogen and oxygen atoms in total. The van der Waals surface area contributed by atoms with Crippen LogP contribution in [0.25, 0.3) is 0 Å². The van der Waals surface area contributed by atoms with E-state index in [-0.39, 0.29) is 0 Å². The molecule has 0 aromatic carbocycles. The molecule has 12 heavy (non-hydrogen) atoms. The predicted molar refractivity (Wildman–Crippen MR) is 47.5 cm³/mol. The van der Waals surface area contributed by atoms with E-state index in [4.69, 9.17) is 5.73 Å². The van der Waals surface area contributed by atoms with E-state index in [2.05, 4.69) is 10.1 Å². The molecule has 1 heterocycles. The highest BCUT2D eigenvalue weighted by molar-refractivity contribution is 5.79. The third kappa shape index (κ3) is 1.47. The van der Waals surface area contributed by atoms with E-state index in [9.17, 15) is 0 Å². The molecule has 0 bridgehead atoms. The number of aromatic nitrogens is 2. The zero-order chi connectivity index (χ0) is 8.55. The van der Waals surface area contributed by atoms with Gasteiger partial charge in [-0.3, -0.25) is 4.68 Å². The van der Waals surface area contributed by atoms with Gasteiger partial charge in [-0.25, -0.2) is 4.99 Å². The van der Waals surface area contributed by atoms with Crippen LogP contribution in [0.1, 0.15) is 25.8 Å². The van der Waals surface area contributed by atoms with Crippen LogP contribution in [0.2, 0.25) is 0 Å². The number of aliphatic imine (C=N–C) groups is 1. The lowest BCUT2D eigenvalue weighted by Gasteiger charge is -1.93. The van der Waals surface area contributed by atoms with Crippen LogP contribution in [0.4, 0.5) is 5.82 Å². The standard InChI is InChI=1S/C8H12N4/c1-6(9)10-8-4-5-12(11-8)7-2-3-7/h4-5,7H,2-3H2,1H3,(H2,9,10,11). The fourth-order valence-corrected chi connectivity index (χ4v) is 1.11. The summed E-state index contributed by atoms with van der Waals surface area (Å²) in [7, 11) is 0. The number of nitrogens with zero attached hydrogens (tertiary/aromatic N) is 3. The first-order chi connectivity index (χ1) is 5.75. The molecule has 0 amide bonds. The summed E-state index contributed by atoms with van der Waals surface area (Å²) in [4.78, 5) is 4.05. The number of nitrogens with two attached hydrogens (primary N) is 1. The Labute approximate surface area is 71.1 Å². The molecular weight excluding hydrogens is 152 g/mol. The Morgan fingerprint density at radius 2 is 2.50 bits per heavy atom. The first-order valence-corrected chi connectivity index (χ1v) is 4.11. The Morgan fingerprint density at radius 3 is 3.08 bits per heavy atom. The lowest BCUT2D eigenvalue weighted by Crippen LogP contribution is -2.04. The molecule has 4 heteroatoms. The topological polar surface area (TPSA) is 56.2 Å². The van der Waals surface area contributed by atoms with Crippen molar-refractivity contribution in [3.8, 4) is 0 Å². The first-order valence-electron chi connectivity index (χ1n) is 4.11. The summed E-state index contributed by atoms with van der Waals surface area (Å²) in [5.74, 6) is 1.26. The molecule has 1 aromatic rings. The number of hydrogen-bond donors (Lipinski definition) is 1. The van der Waals surface area contributed by atoms with Gasteiger partial charge in [0.05, 0.1) is 11.9 Å². The van der Waals surface area contributed by atoms with Crippen LogP contribution in [0, 0.1) is 0 Å². The second kappa shape index (κ2) is 2.62. The van der Waals surface area contributed by atoms with Gasteiger partial charge < -0.3 is 5.73 Å². The Bertz CT molecular complexity index is 305. The molecule has 0 unspecified atom stereocenters. The average molecular weight is 164 g/mol. The maximum atomic E-state index is 5.43. The van der Waals surface area contributed by atoms with E-state index in [1.165, 1.54) is 12.8 Å². The van der Waals surface area contributed by atoms with Gasteiger partial charge in [-0.1, -0.05) is 0 Å². The average Bonchev–Trinajstić information content (AvgIpc) is 2.73. The van der Waals surface area contributed by atoms with Crippen molar-refractivity contribution in [3.63, 3.8) is 0 Å². The predicted octanol–water partition coefficient (Wildman–Crippen LogP) is 1.23. The van der Waals surface area contributed by atoms with Crippen molar-refractivity contribution < 1.29 is 0 Å². The quantitative estimate of drug-likeness (QED) is 0.528. The SMILES string of the molecule is CC(N)=Nc1ccn(C2CC2)n1. The lowest BCUT2D eigenvalue weighted by molar-refractivity contribution is 0.643. The van der Waals surface area contributed by atoms with Crippen molar-refractivity contribution in [1.82, 2.24) is 9.78 Å². The van der Waals surface area contributed by atoms with Gasteiger partial charge in [-0.05, 0) is 19.8 Å². The maximum absolute atomic E-state index is 5.43. The molecule has 0 radical (unpaired) electrons. The van der Waals surface area contributed by atoms with Crippen LogP contribution < -0.4 is 5.73 Å². The van der Waals surface area contributed by atoms with Crippen LogP contribution >= 0.6 is 0 Å². The second-order valence-electron chi connectivity index (χ2n) is 3.14. The third-order valence-electron chi connectivity index (χ3n) is 1.81. The maximum Gasteiger partial charge on any atom is 0.175 e. The fraction of sp³-hybridized carbons (Fsp3) is 0.500. The van der Waals surface area contributed by atoms with Gasteiger partial charge in [0.15, 0.2) is 5.82 Å². The smallest absolute Gasteiger partial charge is 0.175 e. The summed E-state index contributed by atoms with van der Waals surface area (Å²) in [6.07, 6.45) is 4.44. The van der Waals surface area contributed by atoms with Gasteiger partial charge in [0.1, 0.15) is 0 Å². The van der Waals surface area contributed by atoms with Gasteiger partial charge in [-0.15, -0.1) is 0 Å². The minimum Gasteiger partial charge on any atom is -0.387 e.